The summed E-state index contributed by atoms with van der Waals surface area (Å²) in [4.78, 5) is 12.1. The van der Waals surface area contributed by atoms with Crippen LogP contribution in [0.1, 0.15) is 15.2 Å². The van der Waals surface area contributed by atoms with Crippen molar-refractivity contribution in [1.82, 2.24) is 0 Å². The number of carbonyl (C=O) groups is 1. The van der Waals surface area contributed by atoms with Crippen molar-refractivity contribution in [3.05, 3.63) is 52.2 Å². The molecular formula is C15H17NO3S2. The Morgan fingerprint density at radius 3 is 2.81 bits per heavy atom. The van der Waals surface area contributed by atoms with E-state index in [1.807, 2.05) is 36.4 Å². The number of thiophene rings is 1. The zero-order valence-electron chi connectivity index (χ0n) is 11.4. The van der Waals surface area contributed by atoms with Gasteiger partial charge in [-0.3, -0.25) is 0 Å². The summed E-state index contributed by atoms with van der Waals surface area (Å²) in [7, 11) is 0. The summed E-state index contributed by atoms with van der Waals surface area (Å²) in [5.74, 6) is -0.257. The smallest absolute Gasteiger partial charge is 0.347 e. The number of thioether (sulfide) groups is 1. The number of carboxylic acid groups (broad SMARTS) is 1. The minimum Gasteiger partial charge on any atom is -0.477 e. The molecule has 0 bridgehead atoms. The SMILES string of the molecule is N[C@@H](COCc1ccccc1)CSc1ccsc1C(=O)O. The highest BCUT2D eigenvalue weighted by Crippen LogP contribution is 2.27. The Labute approximate surface area is 131 Å². The van der Waals surface area contributed by atoms with Gasteiger partial charge in [0.2, 0.25) is 0 Å². The van der Waals surface area contributed by atoms with Gasteiger partial charge in [0.15, 0.2) is 0 Å². The first-order chi connectivity index (χ1) is 10.2. The molecule has 2 aromatic rings. The molecule has 1 atom stereocenters. The molecule has 0 unspecified atom stereocenters. The van der Waals surface area contributed by atoms with Crippen LogP contribution in [-0.4, -0.2) is 29.5 Å². The number of benzene rings is 1. The zero-order valence-corrected chi connectivity index (χ0v) is 13.0. The summed E-state index contributed by atoms with van der Waals surface area (Å²) in [6.07, 6.45) is 0. The van der Waals surface area contributed by atoms with Crippen LogP contribution in [0, 0.1) is 0 Å². The standard InChI is InChI=1S/C15H17NO3S2/c16-12(9-19-8-11-4-2-1-3-5-11)10-21-13-6-7-20-14(13)15(17)18/h1-7,12H,8-10,16H2,(H,17,18)/t12-/m0/s1. The van der Waals surface area contributed by atoms with E-state index in [0.717, 1.165) is 10.5 Å². The van der Waals surface area contributed by atoms with Crippen molar-refractivity contribution in [2.75, 3.05) is 12.4 Å². The second-order valence-electron chi connectivity index (χ2n) is 4.49. The third kappa shape index (κ3) is 5.17. The van der Waals surface area contributed by atoms with E-state index in [4.69, 9.17) is 15.6 Å². The van der Waals surface area contributed by atoms with Gasteiger partial charge in [-0.2, -0.15) is 0 Å². The van der Waals surface area contributed by atoms with E-state index < -0.39 is 5.97 Å². The first-order valence-corrected chi connectivity index (χ1v) is 8.34. The Hall–Kier alpha value is -1.34. The maximum atomic E-state index is 11.0. The zero-order chi connectivity index (χ0) is 15.1. The molecule has 0 amide bonds. The van der Waals surface area contributed by atoms with Crippen LogP contribution in [-0.2, 0) is 11.3 Å². The fourth-order valence-electron chi connectivity index (χ4n) is 1.71. The van der Waals surface area contributed by atoms with E-state index in [0.29, 0.717) is 23.8 Å². The van der Waals surface area contributed by atoms with E-state index in [2.05, 4.69) is 0 Å². The second-order valence-corrected chi connectivity index (χ2v) is 6.47. The van der Waals surface area contributed by atoms with Crippen molar-refractivity contribution in [2.24, 2.45) is 5.73 Å². The summed E-state index contributed by atoms with van der Waals surface area (Å²) >= 11 is 2.69. The predicted molar refractivity (Wildman–Crippen MR) is 86.1 cm³/mol. The highest BCUT2D eigenvalue weighted by molar-refractivity contribution is 7.99. The van der Waals surface area contributed by atoms with Gasteiger partial charge in [0, 0.05) is 16.7 Å². The summed E-state index contributed by atoms with van der Waals surface area (Å²) < 4.78 is 5.58. The summed E-state index contributed by atoms with van der Waals surface area (Å²) in [5.41, 5.74) is 7.10. The monoisotopic (exact) mass is 323 g/mol. The third-order valence-corrected chi connectivity index (χ3v) is 5.00. The van der Waals surface area contributed by atoms with Crippen LogP contribution in [0.4, 0.5) is 0 Å². The van der Waals surface area contributed by atoms with Gasteiger partial charge < -0.3 is 15.6 Å². The van der Waals surface area contributed by atoms with Gasteiger partial charge in [0.25, 0.3) is 0 Å². The lowest BCUT2D eigenvalue weighted by atomic mass is 10.2. The van der Waals surface area contributed by atoms with Gasteiger partial charge in [0.05, 0.1) is 13.2 Å². The topological polar surface area (TPSA) is 72.5 Å². The summed E-state index contributed by atoms with van der Waals surface area (Å²) in [6.45, 7) is 0.993. The van der Waals surface area contributed by atoms with Gasteiger partial charge in [-0.25, -0.2) is 4.79 Å². The van der Waals surface area contributed by atoms with Crippen LogP contribution in [0.3, 0.4) is 0 Å². The van der Waals surface area contributed by atoms with Crippen LogP contribution in [0.2, 0.25) is 0 Å². The number of nitrogens with two attached hydrogens (primary N) is 1. The number of hydrogen-bond acceptors (Lipinski definition) is 5. The summed E-state index contributed by atoms with van der Waals surface area (Å²) in [5, 5.41) is 10.8. The first-order valence-electron chi connectivity index (χ1n) is 6.47. The molecule has 21 heavy (non-hydrogen) atoms. The molecule has 1 aromatic heterocycles. The highest BCUT2D eigenvalue weighted by Gasteiger charge is 2.13. The van der Waals surface area contributed by atoms with Gasteiger partial charge >= 0.3 is 5.97 Å². The molecule has 6 heteroatoms. The number of ether oxygens (including phenoxy) is 1. The molecule has 2 rings (SSSR count). The van der Waals surface area contributed by atoms with E-state index >= 15 is 0 Å². The molecule has 0 fully saturated rings. The van der Waals surface area contributed by atoms with Crippen LogP contribution < -0.4 is 5.73 Å². The second kappa shape index (κ2) is 8.19. The van der Waals surface area contributed by atoms with Crippen LogP contribution in [0.15, 0.2) is 46.7 Å². The van der Waals surface area contributed by atoms with Gasteiger partial charge in [0.1, 0.15) is 4.88 Å². The van der Waals surface area contributed by atoms with Crippen LogP contribution >= 0.6 is 23.1 Å². The molecular weight excluding hydrogens is 306 g/mol. The van der Waals surface area contributed by atoms with E-state index in [1.54, 1.807) is 5.38 Å². The van der Waals surface area contributed by atoms with Gasteiger partial charge in [-0.05, 0) is 17.0 Å². The van der Waals surface area contributed by atoms with Crippen molar-refractivity contribution < 1.29 is 14.6 Å². The van der Waals surface area contributed by atoms with Crippen LogP contribution in [0.5, 0.6) is 0 Å². The van der Waals surface area contributed by atoms with Crippen LogP contribution in [0.25, 0.3) is 0 Å². The molecule has 0 radical (unpaired) electrons. The number of hydrogen-bond donors (Lipinski definition) is 2. The Morgan fingerprint density at radius 1 is 1.33 bits per heavy atom. The molecule has 0 saturated heterocycles. The molecule has 1 heterocycles. The van der Waals surface area contributed by atoms with Crippen molar-refractivity contribution in [2.45, 2.75) is 17.5 Å². The Morgan fingerprint density at radius 2 is 2.10 bits per heavy atom. The lowest BCUT2D eigenvalue weighted by Gasteiger charge is -2.11. The molecule has 0 spiro atoms. The van der Waals surface area contributed by atoms with Crippen molar-refractivity contribution in [1.29, 1.82) is 0 Å². The van der Waals surface area contributed by atoms with E-state index in [1.165, 1.54) is 23.1 Å². The lowest BCUT2D eigenvalue weighted by molar-refractivity contribution is 0.0699. The lowest BCUT2D eigenvalue weighted by Crippen LogP contribution is -2.28. The number of rotatable bonds is 8. The van der Waals surface area contributed by atoms with E-state index in [-0.39, 0.29) is 6.04 Å². The maximum Gasteiger partial charge on any atom is 0.347 e. The van der Waals surface area contributed by atoms with Gasteiger partial charge in [-0.1, -0.05) is 30.3 Å². The third-order valence-electron chi connectivity index (χ3n) is 2.72. The molecule has 1 aromatic carbocycles. The fraction of sp³-hybridized carbons (Fsp3) is 0.267. The maximum absolute atomic E-state index is 11.0. The van der Waals surface area contributed by atoms with Crippen molar-refractivity contribution >= 4 is 29.1 Å². The largest absolute Gasteiger partial charge is 0.477 e. The molecule has 0 saturated carbocycles. The molecule has 0 aliphatic rings. The molecule has 3 N–H and O–H groups in total. The number of carboxylic acids is 1. The quantitative estimate of drug-likeness (QED) is 0.730. The summed E-state index contributed by atoms with van der Waals surface area (Å²) in [6, 6.07) is 11.6. The average molecular weight is 323 g/mol. The average Bonchev–Trinajstić information content (AvgIpc) is 2.95. The number of aromatic carboxylic acids is 1. The van der Waals surface area contributed by atoms with E-state index in [9.17, 15) is 4.79 Å². The fourth-order valence-corrected chi connectivity index (χ4v) is 3.62. The highest BCUT2D eigenvalue weighted by atomic mass is 32.2. The van der Waals surface area contributed by atoms with Gasteiger partial charge in [-0.15, -0.1) is 23.1 Å². The Kier molecular flexibility index (Phi) is 6.25. The first kappa shape index (κ1) is 16.0. The normalized spacial score (nSPS) is 12.2. The molecule has 0 aliphatic heterocycles. The molecule has 0 aliphatic carbocycles. The van der Waals surface area contributed by atoms with Crippen molar-refractivity contribution in [3.8, 4) is 0 Å². The Bertz CT molecular complexity index is 571. The van der Waals surface area contributed by atoms with Crippen molar-refractivity contribution in [3.63, 3.8) is 0 Å². The molecule has 4 nitrogen and oxygen atoms in total. The predicted octanol–water partition coefficient (Wildman–Crippen LogP) is 3.08. The molecule has 112 valence electrons. The minimum absolute atomic E-state index is 0.125. The minimum atomic E-state index is -0.888. The Balaban J connectivity index is 1.71.